The summed E-state index contributed by atoms with van der Waals surface area (Å²) in [5.74, 6) is -0.451. The number of hydrogen-bond donors (Lipinski definition) is 3. The Morgan fingerprint density at radius 3 is 2.73 bits per heavy atom. The van der Waals surface area contributed by atoms with E-state index >= 15 is 0 Å². The van der Waals surface area contributed by atoms with Gasteiger partial charge < -0.3 is 24.5 Å². The van der Waals surface area contributed by atoms with Gasteiger partial charge in [0.2, 0.25) is 0 Å². The molecule has 1 aromatic carbocycles. The molecule has 2 aromatic heterocycles. The van der Waals surface area contributed by atoms with Crippen LogP contribution < -0.4 is 5.56 Å². The van der Waals surface area contributed by atoms with E-state index in [2.05, 4.69) is 9.55 Å². The first-order valence-electron chi connectivity index (χ1n) is 11.1. The first-order valence-corrected chi connectivity index (χ1v) is 11.1. The van der Waals surface area contributed by atoms with E-state index in [1.807, 2.05) is 24.3 Å². The smallest absolute Gasteiger partial charge is 0.308 e. The Morgan fingerprint density at radius 1 is 1.30 bits per heavy atom. The van der Waals surface area contributed by atoms with Crippen LogP contribution in [-0.2, 0) is 22.5 Å². The fraction of sp³-hybridized carbons (Fsp3) is 0.458. The second kappa shape index (κ2) is 11.0. The molecule has 1 aliphatic rings. The van der Waals surface area contributed by atoms with E-state index in [1.165, 1.54) is 0 Å². The lowest BCUT2D eigenvalue weighted by molar-refractivity contribution is -0.143. The first kappa shape index (κ1) is 25.0. The summed E-state index contributed by atoms with van der Waals surface area (Å²) in [6.45, 7) is 3.77. The van der Waals surface area contributed by atoms with E-state index in [0.29, 0.717) is 24.3 Å². The van der Waals surface area contributed by atoms with E-state index < -0.39 is 11.9 Å². The highest BCUT2D eigenvalue weighted by Gasteiger charge is 2.21. The third kappa shape index (κ3) is 5.63. The molecule has 1 aliphatic heterocycles. The Labute approximate surface area is 198 Å². The van der Waals surface area contributed by atoms with Gasteiger partial charge in [0.05, 0.1) is 23.6 Å². The van der Waals surface area contributed by atoms with Gasteiger partial charge in [0.1, 0.15) is 5.82 Å². The minimum Gasteiger partial charge on any atom is -0.481 e. The number of aliphatic hydroxyl groups is 1. The van der Waals surface area contributed by atoms with Crippen LogP contribution in [-0.4, -0.2) is 50.5 Å². The molecule has 33 heavy (non-hydrogen) atoms. The number of aromatic nitrogens is 3. The first-order chi connectivity index (χ1) is 15.5. The van der Waals surface area contributed by atoms with E-state index in [0.717, 1.165) is 60.6 Å². The maximum Gasteiger partial charge on any atom is 0.308 e. The number of aryl methyl sites for hydroxylation is 2. The van der Waals surface area contributed by atoms with Crippen molar-refractivity contribution in [3.63, 3.8) is 0 Å². The van der Waals surface area contributed by atoms with Crippen LogP contribution in [0.4, 0.5) is 0 Å². The standard InChI is InChI=1S/C24H29N3O5.ClH/c1-15-10-19(12-25-23(15)29)22-26-20-11-16(2-4-18(14-28)24(30)31)3-5-21(20)27(22)13-17-6-8-32-9-7-17;/h3,5,10-12,17-18,28H,2,4,6-9,13-14H2,1H3,(H,25,29)(H,30,31);1H/t18-;/m0./s1. The van der Waals surface area contributed by atoms with Gasteiger partial charge >= 0.3 is 5.97 Å². The van der Waals surface area contributed by atoms with Crippen molar-refractivity contribution in [2.45, 2.75) is 39.2 Å². The molecular weight excluding hydrogens is 446 g/mol. The molecule has 8 nitrogen and oxygen atoms in total. The fourth-order valence-electron chi connectivity index (χ4n) is 4.28. The molecule has 0 amide bonds. The summed E-state index contributed by atoms with van der Waals surface area (Å²) < 4.78 is 7.73. The third-order valence-electron chi connectivity index (χ3n) is 6.29. The number of ether oxygens (including phenoxy) is 1. The van der Waals surface area contributed by atoms with Crippen molar-refractivity contribution in [2.75, 3.05) is 19.8 Å². The summed E-state index contributed by atoms with van der Waals surface area (Å²) in [4.78, 5) is 30.8. The van der Waals surface area contributed by atoms with Gasteiger partial charge in [-0.2, -0.15) is 0 Å². The highest BCUT2D eigenvalue weighted by Crippen LogP contribution is 2.29. The van der Waals surface area contributed by atoms with Crippen LogP contribution in [0.25, 0.3) is 22.4 Å². The summed E-state index contributed by atoms with van der Waals surface area (Å²) in [5, 5.41) is 18.5. The van der Waals surface area contributed by atoms with Gasteiger partial charge in [-0.05, 0) is 62.3 Å². The number of nitrogens with zero attached hydrogens (tertiary/aromatic N) is 2. The summed E-state index contributed by atoms with van der Waals surface area (Å²) in [5.41, 5.74) is 4.21. The number of aromatic amines is 1. The largest absolute Gasteiger partial charge is 0.481 e. The topological polar surface area (TPSA) is 117 Å². The van der Waals surface area contributed by atoms with Crippen LogP contribution in [0.3, 0.4) is 0 Å². The molecule has 0 aliphatic carbocycles. The zero-order valence-electron chi connectivity index (χ0n) is 18.6. The number of H-pyrrole nitrogens is 1. The van der Waals surface area contributed by atoms with E-state index in [-0.39, 0.29) is 24.6 Å². The Morgan fingerprint density at radius 2 is 2.06 bits per heavy atom. The molecule has 3 heterocycles. The highest BCUT2D eigenvalue weighted by atomic mass is 35.5. The number of fused-ring (bicyclic) bond motifs is 1. The summed E-state index contributed by atoms with van der Waals surface area (Å²) in [7, 11) is 0. The van der Waals surface area contributed by atoms with Crippen LogP contribution in [0.2, 0.25) is 0 Å². The van der Waals surface area contributed by atoms with Crippen molar-refractivity contribution < 1.29 is 19.7 Å². The minimum absolute atomic E-state index is 0. The molecule has 1 saturated heterocycles. The molecule has 0 unspecified atom stereocenters. The van der Waals surface area contributed by atoms with Gasteiger partial charge in [-0.3, -0.25) is 9.59 Å². The summed E-state index contributed by atoms with van der Waals surface area (Å²) in [6.07, 6.45) is 4.62. The number of imidazole rings is 1. The molecule has 9 heteroatoms. The van der Waals surface area contributed by atoms with E-state index in [1.54, 1.807) is 13.1 Å². The average molecular weight is 476 g/mol. The van der Waals surface area contributed by atoms with Crippen LogP contribution in [0.5, 0.6) is 0 Å². The lowest BCUT2D eigenvalue weighted by atomic mass is 9.99. The number of nitrogens with one attached hydrogen (secondary N) is 1. The van der Waals surface area contributed by atoms with Crippen LogP contribution in [0.15, 0.2) is 35.3 Å². The normalized spacial score (nSPS) is 15.3. The van der Waals surface area contributed by atoms with Crippen molar-refractivity contribution in [1.29, 1.82) is 0 Å². The molecule has 0 radical (unpaired) electrons. The zero-order valence-corrected chi connectivity index (χ0v) is 19.4. The van der Waals surface area contributed by atoms with Crippen LogP contribution in [0.1, 0.15) is 30.4 Å². The summed E-state index contributed by atoms with van der Waals surface area (Å²) in [6, 6.07) is 7.89. The number of halogens is 1. The van der Waals surface area contributed by atoms with Crippen LogP contribution >= 0.6 is 12.4 Å². The van der Waals surface area contributed by atoms with Crippen molar-refractivity contribution in [2.24, 2.45) is 11.8 Å². The van der Waals surface area contributed by atoms with Crippen molar-refractivity contribution in [3.05, 3.63) is 51.9 Å². The van der Waals surface area contributed by atoms with Gasteiger partial charge in [-0.1, -0.05) is 6.07 Å². The molecule has 0 saturated carbocycles. The molecule has 1 fully saturated rings. The molecule has 0 spiro atoms. The van der Waals surface area contributed by atoms with Crippen molar-refractivity contribution in [3.8, 4) is 11.4 Å². The predicted molar refractivity (Wildman–Crippen MR) is 128 cm³/mol. The molecule has 178 valence electrons. The third-order valence-corrected chi connectivity index (χ3v) is 6.29. The SMILES string of the molecule is Cc1cc(-c2nc3cc(CC[C@@H](CO)C(=O)O)ccc3n2CC2CCOCC2)c[nH]c1=O.Cl. The number of pyridine rings is 1. The quantitative estimate of drug-likeness (QED) is 0.460. The summed E-state index contributed by atoms with van der Waals surface area (Å²) >= 11 is 0. The van der Waals surface area contributed by atoms with Gasteiger partial charge in [0, 0.05) is 37.1 Å². The number of rotatable bonds is 8. The number of carboxylic acid groups (broad SMARTS) is 1. The molecule has 4 rings (SSSR count). The zero-order chi connectivity index (χ0) is 22.7. The fourth-order valence-corrected chi connectivity index (χ4v) is 4.28. The monoisotopic (exact) mass is 475 g/mol. The molecule has 3 N–H and O–H groups in total. The Hall–Kier alpha value is -2.68. The maximum atomic E-state index is 11.9. The number of carboxylic acids is 1. The van der Waals surface area contributed by atoms with E-state index in [4.69, 9.17) is 9.72 Å². The molecule has 1 atom stereocenters. The van der Waals surface area contributed by atoms with Gasteiger partial charge in [0.15, 0.2) is 0 Å². The predicted octanol–water partition coefficient (Wildman–Crippen LogP) is 3.17. The number of hydrogen-bond acceptors (Lipinski definition) is 5. The second-order valence-electron chi connectivity index (χ2n) is 8.58. The number of benzene rings is 1. The second-order valence-corrected chi connectivity index (χ2v) is 8.58. The van der Waals surface area contributed by atoms with Gasteiger partial charge in [0.25, 0.3) is 5.56 Å². The Kier molecular flexibility index (Phi) is 8.29. The lowest BCUT2D eigenvalue weighted by Gasteiger charge is -2.23. The highest BCUT2D eigenvalue weighted by molar-refractivity contribution is 5.85. The number of carbonyl (C=O) groups is 1. The maximum absolute atomic E-state index is 11.9. The number of aliphatic hydroxyl groups excluding tert-OH is 1. The number of aliphatic carboxylic acids is 1. The van der Waals surface area contributed by atoms with Crippen LogP contribution in [0, 0.1) is 18.8 Å². The molecule has 0 bridgehead atoms. The van der Waals surface area contributed by atoms with Crippen molar-refractivity contribution in [1.82, 2.24) is 14.5 Å². The van der Waals surface area contributed by atoms with E-state index in [9.17, 15) is 19.8 Å². The van der Waals surface area contributed by atoms with Crippen molar-refractivity contribution >= 4 is 29.4 Å². The Bertz CT molecular complexity index is 1170. The minimum atomic E-state index is -0.981. The average Bonchev–Trinajstić information content (AvgIpc) is 3.14. The van der Waals surface area contributed by atoms with Gasteiger partial charge in [-0.25, -0.2) is 4.98 Å². The molecule has 3 aromatic rings. The molecular formula is C24H30ClN3O5. The lowest BCUT2D eigenvalue weighted by Crippen LogP contribution is -2.21. The Balaban J connectivity index is 0.00000306. The van der Waals surface area contributed by atoms with Gasteiger partial charge in [-0.15, -0.1) is 12.4 Å².